The van der Waals surface area contributed by atoms with Crippen LogP contribution < -0.4 is 4.74 Å². The first-order chi connectivity index (χ1) is 10.2. The van der Waals surface area contributed by atoms with Crippen LogP contribution in [0.1, 0.15) is 18.7 Å². The maximum absolute atomic E-state index is 13.8. The lowest BCUT2D eigenvalue weighted by atomic mass is 10.2. The number of fused-ring (bicyclic) bond motifs is 1. The van der Waals surface area contributed by atoms with Crippen molar-refractivity contribution in [1.29, 1.82) is 0 Å². The highest BCUT2D eigenvalue weighted by molar-refractivity contribution is 6.17. The van der Waals surface area contributed by atoms with Crippen molar-refractivity contribution in [1.82, 2.24) is 9.55 Å². The second-order valence-electron chi connectivity index (χ2n) is 4.79. The summed E-state index contributed by atoms with van der Waals surface area (Å²) in [5.41, 5.74) is 1.52. The molecule has 0 spiro atoms. The Labute approximate surface area is 128 Å². The van der Waals surface area contributed by atoms with Crippen molar-refractivity contribution in [2.24, 2.45) is 0 Å². The van der Waals surface area contributed by atoms with E-state index >= 15 is 0 Å². The fourth-order valence-electron chi connectivity index (χ4n) is 2.37. The van der Waals surface area contributed by atoms with Crippen LogP contribution >= 0.6 is 11.6 Å². The summed E-state index contributed by atoms with van der Waals surface area (Å²) < 4.78 is 26.0. The van der Waals surface area contributed by atoms with Gasteiger partial charge in [0.15, 0.2) is 11.6 Å². The number of hydrogen-bond acceptors (Lipinski definition) is 3. The first-order valence-corrected chi connectivity index (χ1v) is 7.52. The lowest BCUT2D eigenvalue weighted by Gasteiger charge is -2.09. The van der Waals surface area contributed by atoms with Crippen LogP contribution in [0.3, 0.4) is 0 Å². The molecule has 0 radical (unpaired) electrons. The number of aromatic nitrogens is 2. The molecule has 1 aromatic heterocycles. The average Bonchev–Trinajstić information content (AvgIpc) is 2.79. The van der Waals surface area contributed by atoms with Gasteiger partial charge in [0.05, 0.1) is 18.1 Å². The van der Waals surface area contributed by atoms with Crippen molar-refractivity contribution < 1.29 is 13.9 Å². The zero-order chi connectivity index (χ0) is 15.2. The van der Waals surface area contributed by atoms with E-state index < -0.39 is 5.82 Å². The van der Waals surface area contributed by atoms with Crippen molar-refractivity contribution >= 4 is 22.6 Å². The van der Waals surface area contributed by atoms with Crippen LogP contribution in [0.5, 0.6) is 5.75 Å². The van der Waals surface area contributed by atoms with Gasteiger partial charge in [-0.25, -0.2) is 9.37 Å². The van der Waals surface area contributed by atoms with Crippen molar-refractivity contribution in [3.05, 3.63) is 23.8 Å². The summed E-state index contributed by atoms with van der Waals surface area (Å²) in [4.78, 5) is 4.49. The van der Waals surface area contributed by atoms with E-state index in [1.54, 1.807) is 13.2 Å². The van der Waals surface area contributed by atoms with Gasteiger partial charge in [0, 0.05) is 44.7 Å². The summed E-state index contributed by atoms with van der Waals surface area (Å²) in [6.45, 7) is 1.54. The summed E-state index contributed by atoms with van der Waals surface area (Å²) in [5, 5.41) is 0. The second kappa shape index (κ2) is 7.61. The van der Waals surface area contributed by atoms with Crippen molar-refractivity contribution in [3.8, 4) is 5.75 Å². The Morgan fingerprint density at radius 2 is 2.10 bits per heavy atom. The number of hydrogen-bond donors (Lipinski definition) is 0. The first kappa shape index (κ1) is 16.0. The third kappa shape index (κ3) is 3.66. The van der Waals surface area contributed by atoms with Gasteiger partial charge in [-0.2, -0.15) is 0 Å². The minimum atomic E-state index is -0.397. The van der Waals surface area contributed by atoms with E-state index in [0.29, 0.717) is 17.8 Å². The van der Waals surface area contributed by atoms with E-state index in [-0.39, 0.29) is 5.75 Å². The van der Waals surface area contributed by atoms with Crippen molar-refractivity contribution in [2.75, 3.05) is 26.7 Å². The molecular weight excluding hydrogens is 295 g/mol. The van der Waals surface area contributed by atoms with E-state index in [2.05, 4.69) is 9.55 Å². The molecule has 2 rings (SSSR count). The standard InChI is InChI=1S/C15H20ClFN2O2/c1-20-8-4-3-7-19-13-10-14(21-2)11(17)9-12(13)18-15(19)5-6-16/h9-10H,3-8H2,1-2H3. The molecule has 1 aromatic carbocycles. The number of aryl methyl sites for hydroxylation is 2. The minimum Gasteiger partial charge on any atom is -0.494 e. The second-order valence-corrected chi connectivity index (χ2v) is 5.17. The lowest BCUT2D eigenvalue weighted by Crippen LogP contribution is -2.06. The normalized spacial score (nSPS) is 11.2. The van der Waals surface area contributed by atoms with Crippen LogP contribution in [0.4, 0.5) is 4.39 Å². The molecule has 21 heavy (non-hydrogen) atoms. The van der Waals surface area contributed by atoms with E-state index in [1.807, 2.05) is 0 Å². The Bertz CT molecular complexity index is 601. The van der Waals surface area contributed by atoms with Gasteiger partial charge in [0.2, 0.25) is 0 Å². The Morgan fingerprint density at radius 3 is 2.76 bits per heavy atom. The number of unbranched alkanes of at least 4 members (excludes halogenated alkanes) is 1. The van der Waals surface area contributed by atoms with Gasteiger partial charge in [-0.3, -0.25) is 0 Å². The lowest BCUT2D eigenvalue weighted by molar-refractivity contribution is 0.191. The zero-order valence-electron chi connectivity index (χ0n) is 12.4. The fraction of sp³-hybridized carbons (Fsp3) is 0.533. The van der Waals surface area contributed by atoms with Crippen LogP contribution in [-0.2, 0) is 17.7 Å². The highest BCUT2D eigenvalue weighted by Gasteiger charge is 2.14. The van der Waals surface area contributed by atoms with E-state index in [9.17, 15) is 4.39 Å². The first-order valence-electron chi connectivity index (χ1n) is 6.98. The van der Waals surface area contributed by atoms with Gasteiger partial charge in [0.1, 0.15) is 5.82 Å². The van der Waals surface area contributed by atoms with Crippen LogP contribution in [0.25, 0.3) is 11.0 Å². The largest absolute Gasteiger partial charge is 0.494 e. The molecule has 0 aliphatic carbocycles. The quantitative estimate of drug-likeness (QED) is 0.553. The van der Waals surface area contributed by atoms with Crippen molar-refractivity contribution in [2.45, 2.75) is 25.8 Å². The summed E-state index contributed by atoms with van der Waals surface area (Å²) in [5.74, 6) is 1.20. The molecule has 0 saturated heterocycles. The molecule has 0 saturated carbocycles. The molecule has 1 heterocycles. The van der Waals surface area contributed by atoms with Gasteiger partial charge in [-0.05, 0) is 12.8 Å². The fourth-order valence-corrected chi connectivity index (χ4v) is 2.54. The number of rotatable bonds is 8. The Balaban J connectivity index is 2.35. The molecule has 0 atom stereocenters. The van der Waals surface area contributed by atoms with Crippen LogP contribution in [0, 0.1) is 5.82 Å². The predicted molar refractivity (Wildman–Crippen MR) is 81.8 cm³/mol. The molecule has 0 bridgehead atoms. The predicted octanol–water partition coefficient (Wildman–Crippen LogP) is 3.39. The summed E-state index contributed by atoms with van der Waals surface area (Å²) in [7, 11) is 3.16. The molecule has 0 unspecified atom stereocenters. The van der Waals surface area contributed by atoms with Crippen molar-refractivity contribution in [3.63, 3.8) is 0 Å². The number of benzene rings is 1. The number of imidazole rings is 1. The Morgan fingerprint density at radius 1 is 1.29 bits per heavy atom. The third-order valence-corrected chi connectivity index (χ3v) is 3.59. The molecule has 0 N–H and O–H groups in total. The summed E-state index contributed by atoms with van der Waals surface area (Å²) in [6.07, 6.45) is 2.59. The molecule has 0 fully saturated rings. The topological polar surface area (TPSA) is 36.3 Å². The number of halogens is 2. The molecule has 0 aliphatic rings. The van der Waals surface area contributed by atoms with Gasteiger partial charge in [-0.1, -0.05) is 0 Å². The molecule has 2 aromatic rings. The summed E-state index contributed by atoms with van der Waals surface area (Å²) >= 11 is 5.84. The maximum atomic E-state index is 13.8. The number of nitrogens with zero attached hydrogens (tertiary/aromatic N) is 2. The smallest absolute Gasteiger partial charge is 0.167 e. The highest BCUT2D eigenvalue weighted by atomic mass is 35.5. The van der Waals surface area contributed by atoms with Crippen LogP contribution in [0.2, 0.25) is 0 Å². The van der Waals surface area contributed by atoms with Gasteiger partial charge < -0.3 is 14.0 Å². The van der Waals surface area contributed by atoms with E-state index in [4.69, 9.17) is 21.1 Å². The number of alkyl halides is 1. The number of methoxy groups -OCH3 is 2. The average molecular weight is 315 g/mol. The zero-order valence-corrected chi connectivity index (χ0v) is 13.1. The Hall–Kier alpha value is -1.33. The highest BCUT2D eigenvalue weighted by Crippen LogP contribution is 2.26. The molecule has 4 nitrogen and oxygen atoms in total. The van der Waals surface area contributed by atoms with E-state index in [0.717, 1.165) is 37.3 Å². The van der Waals surface area contributed by atoms with E-state index in [1.165, 1.54) is 13.2 Å². The molecule has 0 aliphatic heterocycles. The monoisotopic (exact) mass is 314 g/mol. The van der Waals surface area contributed by atoms with Crippen LogP contribution in [0.15, 0.2) is 12.1 Å². The summed E-state index contributed by atoms with van der Waals surface area (Å²) in [6, 6.07) is 3.11. The van der Waals surface area contributed by atoms with Gasteiger partial charge in [0.25, 0.3) is 0 Å². The molecule has 6 heteroatoms. The third-order valence-electron chi connectivity index (χ3n) is 3.40. The van der Waals surface area contributed by atoms with Gasteiger partial charge in [-0.15, -0.1) is 11.6 Å². The SMILES string of the molecule is COCCCCn1c(CCCl)nc2cc(F)c(OC)cc21. The van der Waals surface area contributed by atoms with Gasteiger partial charge >= 0.3 is 0 Å². The Kier molecular flexibility index (Phi) is 5.82. The number of ether oxygens (including phenoxy) is 2. The minimum absolute atomic E-state index is 0.234. The maximum Gasteiger partial charge on any atom is 0.167 e. The molecular formula is C15H20ClFN2O2. The van der Waals surface area contributed by atoms with Crippen LogP contribution in [-0.4, -0.2) is 36.3 Å². The molecule has 116 valence electrons. The molecule has 0 amide bonds.